The number of likely N-dealkylation sites (tertiary alicyclic amines) is 1. The van der Waals surface area contributed by atoms with E-state index in [1.807, 2.05) is 0 Å². The summed E-state index contributed by atoms with van der Waals surface area (Å²) >= 11 is 0. The SMILES string of the molecule is CC(=O)N1CC[C@@H](Nc2nc(OCC(F)F)c3c(-c4ccc5nccnc5c4)ccn3n2)C(F)(F)C1. The number of nitrogens with one attached hydrogen (secondary N) is 1. The first-order chi connectivity index (χ1) is 17.2. The maximum absolute atomic E-state index is 14.7. The summed E-state index contributed by atoms with van der Waals surface area (Å²) in [5, 5.41) is 6.88. The lowest BCUT2D eigenvalue weighted by Gasteiger charge is -2.38. The molecule has 1 fully saturated rings. The highest BCUT2D eigenvalue weighted by atomic mass is 19.3. The Bertz CT molecular complexity index is 1430. The Kier molecular flexibility index (Phi) is 6.06. The monoisotopic (exact) mass is 503 g/mol. The number of hydrogen-bond acceptors (Lipinski definition) is 7. The Labute approximate surface area is 202 Å². The molecule has 0 bridgehead atoms. The Morgan fingerprint density at radius 1 is 1.22 bits per heavy atom. The maximum atomic E-state index is 14.7. The van der Waals surface area contributed by atoms with Crippen LogP contribution in [0.2, 0.25) is 0 Å². The van der Waals surface area contributed by atoms with Gasteiger partial charge in [0.1, 0.15) is 5.52 Å². The van der Waals surface area contributed by atoms with E-state index < -0.39 is 37.4 Å². The van der Waals surface area contributed by atoms with Crippen LogP contribution in [0.15, 0.2) is 42.9 Å². The van der Waals surface area contributed by atoms with Gasteiger partial charge in [0.05, 0.1) is 23.6 Å². The number of nitrogens with zero attached hydrogens (tertiary/aromatic N) is 6. The summed E-state index contributed by atoms with van der Waals surface area (Å²) in [5.41, 5.74) is 2.88. The van der Waals surface area contributed by atoms with Crippen LogP contribution in [0.3, 0.4) is 0 Å². The number of aromatic nitrogens is 5. The highest BCUT2D eigenvalue weighted by molar-refractivity contribution is 5.89. The van der Waals surface area contributed by atoms with Gasteiger partial charge < -0.3 is 15.0 Å². The minimum absolute atomic E-state index is 0.0454. The Balaban J connectivity index is 1.52. The molecular weight excluding hydrogens is 482 g/mol. The zero-order valence-electron chi connectivity index (χ0n) is 19.0. The number of hydrogen-bond donors (Lipinski definition) is 1. The molecule has 5 rings (SSSR count). The fourth-order valence-corrected chi connectivity index (χ4v) is 4.20. The molecule has 4 heterocycles. The summed E-state index contributed by atoms with van der Waals surface area (Å²) in [5.74, 6) is -4.08. The lowest BCUT2D eigenvalue weighted by molar-refractivity contribution is -0.140. The summed E-state index contributed by atoms with van der Waals surface area (Å²) in [6.45, 7) is -0.306. The van der Waals surface area contributed by atoms with Crippen molar-refractivity contribution < 1.29 is 27.1 Å². The molecule has 36 heavy (non-hydrogen) atoms. The molecule has 0 spiro atoms. The van der Waals surface area contributed by atoms with E-state index in [0.717, 1.165) is 4.90 Å². The van der Waals surface area contributed by atoms with Crippen LogP contribution < -0.4 is 10.1 Å². The van der Waals surface area contributed by atoms with Crippen molar-refractivity contribution >= 4 is 28.4 Å². The van der Waals surface area contributed by atoms with Crippen LogP contribution >= 0.6 is 0 Å². The first-order valence-corrected chi connectivity index (χ1v) is 11.1. The minimum Gasteiger partial charge on any atom is -0.470 e. The second kappa shape index (κ2) is 9.21. The van der Waals surface area contributed by atoms with E-state index >= 15 is 0 Å². The van der Waals surface area contributed by atoms with Crippen LogP contribution in [-0.4, -0.2) is 73.5 Å². The Morgan fingerprint density at radius 3 is 2.72 bits per heavy atom. The van der Waals surface area contributed by atoms with Crippen LogP contribution in [0.1, 0.15) is 13.3 Å². The first kappa shape index (κ1) is 23.7. The summed E-state index contributed by atoms with van der Waals surface area (Å²) in [4.78, 5) is 25.3. The van der Waals surface area contributed by atoms with Gasteiger partial charge in [-0.2, -0.15) is 4.98 Å². The van der Waals surface area contributed by atoms with Crippen LogP contribution in [0.25, 0.3) is 27.7 Å². The summed E-state index contributed by atoms with van der Waals surface area (Å²) < 4.78 is 62.1. The quantitative estimate of drug-likeness (QED) is 0.401. The average Bonchev–Trinajstić information content (AvgIpc) is 3.27. The van der Waals surface area contributed by atoms with Crippen molar-refractivity contribution in [2.24, 2.45) is 0 Å². The molecule has 4 aromatic rings. The molecule has 1 aliphatic heterocycles. The smallest absolute Gasteiger partial charge is 0.285 e. The predicted molar refractivity (Wildman–Crippen MR) is 122 cm³/mol. The molecule has 0 unspecified atom stereocenters. The van der Waals surface area contributed by atoms with Crippen molar-refractivity contribution in [3.8, 4) is 17.0 Å². The van der Waals surface area contributed by atoms with Crippen LogP contribution in [0, 0.1) is 0 Å². The van der Waals surface area contributed by atoms with Crippen LogP contribution in [0.4, 0.5) is 23.5 Å². The number of piperidine rings is 1. The van der Waals surface area contributed by atoms with E-state index in [2.05, 4.69) is 25.4 Å². The lowest BCUT2D eigenvalue weighted by Crippen LogP contribution is -2.55. The molecule has 0 radical (unpaired) electrons. The Morgan fingerprint density at radius 2 is 2.00 bits per heavy atom. The molecule has 1 atom stereocenters. The van der Waals surface area contributed by atoms with Crippen molar-refractivity contribution in [2.45, 2.75) is 31.7 Å². The molecule has 13 heteroatoms. The van der Waals surface area contributed by atoms with Crippen LogP contribution in [-0.2, 0) is 4.79 Å². The number of benzene rings is 1. The third-order valence-corrected chi connectivity index (χ3v) is 5.95. The van der Waals surface area contributed by atoms with Gasteiger partial charge in [0, 0.05) is 37.6 Å². The van der Waals surface area contributed by atoms with E-state index in [4.69, 9.17) is 4.74 Å². The summed E-state index contributed by atoms with van der Waals surface area (Å²) in [7, 11) is 0. The molecule has 1 N–H and O–H groups in total. The van der Waals surface area contributed by atoms with Crippen molar-refractivity contribution in [1.29, 1.82) is 0 Å². The first-order valence-electron chi connectivity index (χ1n) is 11.1. The van der Waals surface area contributed by atoms with Gasteiger partial charge in [0.2, 0.25) is 17.7 Å². The fraction of sp³-hybridized carbons (Fsp3) is 0.348. The van der Waals surface area contributed by atoms with Gasteiger partial charge in [-0.1, -0.05) is 6.07 Å². The third-order valence-electron chi connectivity index (χ3n) is 5.95. The van der Waals surface area contributed by atoms with Crippen molar-refractivity contribution in [2.75, 3.05) is 25.0 Å². The number of anilines is 1. The topological polar surface area (TPSA) is 97.5 Å². The molecule has 1 saturated heterocycles. The fourth-order valence-electron chi connectivity index (χ4n) is 4.20. The maximum Gasteiger partial charge on any atom is 0.285 e. The number of amides is 1. The summed E-state index contributed by atoms with van der Waals surface area (Å²) in [6, 6.07) is 5.68. The van der Waals surface area contributed by atoms with Crippen molar-refractivity contribution in [3.05, 3.63) is 42.9 Å². The van der Waals surface area contributed by atoms with E-state index in [-0.39, 0.29) is 24.8 Å². The zero-order valence-corrected chi connectivity index (χ0v) is 19.0. The van der Waals surface area contributed by atoms with E-state index in [0.29, 0.717) is 27.7 Å². The number of halogens is 4. The highest BCUT2D eigenvalue weighted by Gasteiger charge is 2.45. The largest absolute Gasteiger partial charge is 0.470 e. The average molecular weight is 503 g/mol. The number of rotatable bonds is 6. The van der Waals surface area contributed by atoms with Crippen LogP contribution in [0.5, 0.6) is 5.88 Å². The van der Waals surface area contributed by atoms with Gasteiger partial charge in [0.15, 0.2) is 6.61 Å². The molecule has 9 nitrogen and oxygen atoms in total. The molecular formula is C23H21F4N7O2. The number of fused-ring (bicyclic) bond motifs is 2. The zero-order chi connectivity index (χ0) is 25.4. The van der Waals surface area contributed by atoms with Gasteiger partial charge in [-0.3, -0.25) is 14.8 Å². The van der Waals surface area contributed by atoms with Gasteiger partial charge in [-0.25, -0.2) is 22.1 Å². The molecule has 1 aliphatic rings. The normalized spacial score (nSPS) is 17.6. The number of carbonyl (C=O) groups is 1. The molecule has 1 amide bonds. The number of ether oxygens (including phenoxy) is 1. The molecule has 0 aliphatic carbocycles. The predicted octanol–water partition coefficient (Wildman–Crippen LogP) is 3.65. The lowest BCUT2D eigenvalue weighted by atomic mass is 10.0. The van der Waals surface area contributed by atoms with E-state index in [9.17, 15) is 22.4 Å². The number of alkyl halides is 4. The van der Waals surface area contributed by atoms with Crippen molar-refractivity contribution in [1.82, 2.24) is 29.5 Å². The van der Waals surface area contributed by atoms with Gasteiger partial charge in [0.25, 0.3) is 12.3 Å². The minimum atomic E-state index is -3.25. The van der Waals surface area contributed by atoms with Gasteiger partial charge in [-0.15, -0.1) is 5.10 Å². The molecule has 1 aromatic carbocycles. The second-order valence-electron chi connectivity index (χ2n) is 8.41. The second-order valence-corrected chi connectivity index (χ2v) is 8.41. The number of carbonyl (C=O) groups excluding carboxylic acids is 1. The van der Waals surface area contributed by atoms with Crippen molar-refractivity contribution in [3.63, 3.8) is 0 Å². The van der Waals surface area contributed by atoms with Gasteiger partial charge in [-0.05, 0) is 30.2 Å². The third kappa shape index (κ3) is 4.60. The Hall–Kier alpha value is -4.03. The van der Waals surface area contributed by atoms with Gasteiger partial charge >= 0.3 is 0 Å². The highest BCUT2D eigenvalue weighted by Crippen LogP contribution is 2.34. The summed E-state index contributed by atoms with van der Waals surface area (Å²) in [6.07, 6.45) is 1.87. The standard InChI is InChI=1S/C23H21F4N7O2/c1-13(35)33-8-5-18(23(26,27)12-33)30-22-31-21(36-11-19(24)25)20-15(4-9-34(20)32-22)14-2-3-16-17(10-14)29-7-6-28-16/h2-4,6-7,9-10,18-19H,5,8,11-12H2,1H3,(H,30,32)/t18-/m1/s1. The van der Waals surface area contributed by atoms with E-state index in [1.165, 1.54) is 11.4 Å². The molecule has 188 valence electrons. The van der Waals surface area contributed by atoms with E-state index in [1.54, 1.807) is 42.9 Å². The molecule has 0 saturated carbocycles. The molecule has 3 aromatic heterocycles.